The molecule has 23 heavy (non-hydrogen) atoms. The number of fused-ring (bicyclic) bond motifs is 2. The average Bonchev–Trinajstić information content (AvgIpc) is 3.18. The molecule has 5 nitrogen and oxygen atoms in total. The first-order valence-corrected chi connectivity index (χ1v) is 7.58. The van der Waals surface area contributed by atoms with Crippen LogP contribution in [0.3, 0.4) is 0 Å². The average molecular weight is 335 g/mol. The van der Waals surface area contributed by atoms with E-state index < -0.39 is 5.82 Å². The largest absolute Gasteiger partial charge is 0.350 e. The summed E-state index contributed by atoms with van der Waals surface area (Å²) in [5, 5.41) is 7.95. The van der Waals surface area contributed by atoms with Gasteiger partial charge < -0.3 is 9.88 Å². The Morgan fingerprint density at radius 3 is 3.00 bits per heavy atom. The quantitative estimate of drug-likeness (QED) is 0.672. The summed E-state index contributed by atoms with van der Waals surface area (Å²) in [6.45, 7) is 2.20. The fourth-order valence-corrected chi connectivity index (χ4v) is 2.81. The number of hydrogen-bond acceptors (Lipinski definition) is 3. The molecule has 0 bridgehead atoms. The van der Waals surface area contributed by atoms with Crippen molar-refractivity contribution in [1.82, 2.24) is 20.1 Å². The van der Waals surface area contributed by atoms with Crippen LogP contribution in [0.15, 0.2) is 24.4 Å². The van der Waals surface area contributed by atoms with E-state index in [-0.39, 0.29) is 5.52 Å². The number of nitrogens with one attached hydrogen (secondary N) is 2. The summed E-state index contributed by atoms with van der Waals surface area (Å²) in [6, 6.07) is 4.24. The highest BCUT2D eigenvalue weighted by molar-refractivity contribution is 6.35. The van der Waals surface area contributed by atoms with Crippen molar-refractivity contribution in [2.24, 2.45) is 0 Å². The van der Waals surface area contributed by atoms with Gasteiger partial charge in [-0.05, 0) is 25.2 Å². The molecule has 7 heteroatoms. The summed E-state index contributed by atoms with van der Waals surface area (Å²) in [7, 11) is 2.13. The summed E-state index contributed by atoms with van der Waals surface area (Å²) < 4.78 is 13.1. The van der Waals surface area contributed by atoms with Crippen LogP contribution in [0.1, 0.15) is 21.7 Å². The molecule has 1 aliphatic heterocycles. The second-order valence-corrected chi connectivity index (χ2v) is 5.93. The van der Waals surface area contributed by atoms with E-state index in [4.69, 9.17) is 11.6 Å². The number of rotatable bonds is 1. The maximum atomic E-state index is 13.1. The molecule has 0 fully saturated rings. The molecule has 0 radical (unpaired) electrons. The minimum absolute atomic E-state index is 0.273. The number of aromatic nitrogens is 3. The van der Waals surface area contributed by atoms with Crippen LogP contribution in [0.5, 0.6) is 0 Å². The summed E-state index contributed by atoms with van der Waals surface area (Å²) in [5.41, 5.74) is 3.27. The van der Waals surface area contributed by atoms with Gasteiger partial charge in [0, 0.05) is 36.2 Å². The number of hydrogen-bond donors (Lipinski definition) is 2. The van der Waals surface area contributed by atoms with Crippen LogP contribution in [0.25, 0.3) is 10.9 Å². The minimum atomic E-state index is -0.410. The van der Waals surface area contributed by atoms with Crippen molar-refractivity contribution in [2.45, 2.75) is 13.0 Å². The molecule has 3 aromatic rings. The van der Waals surface area contributed by atoms with E-state index >= 15 is 0 Å². The van der Waals surface area contributed by atoms with Crippen molar-refractivity contribution in [2.75, 3.05) is 13.6 Å². The van der Waals surface area contributed by atoms with Crippen LogP contribution < -0.4 is 0 Å². The molecular weight excluding hydrogens is 319 g/mol. The molecule has 0 saturated carbocycles. The van der Waals surface area contributed by atoms with Crippen molar-refractivity contribution in [3.05, 3.63) is 52.2 Å². The van der Waals surface area contributed by atoms with Gasteiger partial charge in [0.2, 0.25) is 0 Å². The van der Waals surface area contributed by atoms with E-state index in [2.05, 4.69) is 27.1 Å². The molecule has 0 saturated heterocycles. The third kappa shape index (κ3) is 3.28. The van der Waals surface area contributed by atoms with Gasteiger partial charge in [0.25, 0.3) is 0 Å². The Bertz CT molecular complexity index is 803. The lowest BCUT2D eigenvalue weighted by atomic mass is 10.1. The van der Waals surface area contributed by atoms with Gasteiger partial charge in [-0.3, -0.25) is 9.89 Å². The molecule has 0 atom stereocenters. The minimum Gasteiger partial charge on any atom is -0.350 e. The molecule has 1 aromatic carbocycles. The normalized spacial score (nSPS) is 14.2. The Labute approximate surface area is 137 Å². The predicted octanol–water partition coefficient (Wildman–Crippen LogP) is 3.17. The van der Waals surface area contributed by atoms with Crippen molar-refractivity contribution in [3.63, 3.8) is 0 Å². The van der Waals surface area contributed by atoms with Crippen molar-refractivity contribution < 1.29 is 9.18 Å². The van der Waals surface area contributed by atoms with Crippen molar-refractivity contribution in [1.29, 1.82) is 0 Å². The predicted molar refractivity (Wildman–Crippen MR) is 87.3 cm³/mol. The van der Waals surface area contributed by atoms with Gasteiger partial charge in [-0.1, -0.05) is 11.6 Å². The number of carbonyl (C=O) groups excluding carboxylic acids is 1. The van der Waals surface area contributed by atoms with E-state index in [1.807, 2.05) is 6.20 Å². The third-order valence-electron chi connectivity index (χ3n) is 3.83. The van der Waals surface area contributed by atoms with E-state index in [0.29, 0.717) is 22.4 Å². The Morgan fingerprint density at radius 2 is 2.26 bits per heavy atom. The summed E-state index contributed by atoms with van der Waals surface area (Å²) in [5.74, 6) is -0.410. The van der Waals surface area contributed by atoms with Crippen LogP contribution in [-0.2, 0) is 13.0 Å². The fraction of sp³-hybridized carbons (Fsp3) is 0.250. The maximum absolute atomic E-state index is 13.1. The first-order chi connectivity index (χ1) is 11.1. The Balaban J connectivity index is 0.000000140. The van der Waals surface area contributed by atoms with E-state index in [9.17, 15) is 9.18 Å². The number of aromatic amines is 2. The van der Waals surface area contributed by atoms with E-state index in [1.165, 1.54) is 29.5 Å². The zero-order valence-electron chi connectivity index (χ0n) is 12.6. The third-order valence-corrected chi connectivity index (χ3v) is 4.16. The van der Waals surface area contributed by atoms with Crippen LogP contribution in [0.4, 0.5) is 4.39 Å². The molecule has 3 heterocycles. The van der Waals surface area contributed by atoms with Gasteiger partial charge in [-0.2, -0.15) is 5.10 Å². The summed E-state index contributed by atoms with van der Waals surface area (Å²) in [6.07, 6.45) is 3.66. The van der Waals surface area contributed by atoms with Crippen LogP contribution >= 0.6 is 11.6 Å². The van der Waals surface area contributed by atoms with Crippen LogP contribution in [-0.4, -0.2) is 40.0 Å². The molecule has 4 rings (SSSR count). The van der Waals surface area contributed by atoms with Crippen LogP contribution in [0.2, 0.25) is 5.02 Å². The molecule has 0 amide bonds. The lowest BCUT2D eigenvalue weighted by molar-refractivity contribution is 0.112. The first kappa shape index (κ1) is 15.7. The molecular formula is C16H16ClFN4O. The zero-order valence-corrected chi connectivity index (χ0v) is 13.3. The number of aldehydes is 1. The SMILES string of the molecule is CN1CCc2[nH]ncc2C1.O=Cc1cc2c(Cl)ccc(F)c2[nH]1. The van der Waals surface area contributed by atoms with Gasteiger partial charge in [0.1, 0.15) is 5.82 Å². The topological polar surface area (TPSA) is 64.8 Å². The highest BCUT2D eigenvalue weighted by Crippen LogP contribution is 2.25. The fourth-order valence-electron chi connectivity index (χ4n) is 2.60. The molecule has 0 spiro atoms. The van der Waals surface area contributed by atoms with Gasteiger partial charge in [-0.25, -0.2) is 4.39 Å². The Kier molecular flexibility index (Phi) is 4.45. The molecule has 0 aliphatic carbocycles. The van der Waals surface area contributed by atoms with Gasteiger partial charge in [0.05, 0.1) is 22.4 Å². The molecule has 120 valence electrons. The Hall–Kier alpha value is -2.18. The molecule has 2 N–H and O–H groups in total. The number of halogens is 2. The Morgan fingerprint density at radius 1 is 1.43 bits per heavy atom. The number of carbonyl (C=O) groups is 1. The number of H-pyrrole nitrogens is 2. The monoisotopic (exact) mass is 334 g/mol. The smallest absolute Gasteiger partial charge is 0.166 e. The second-order valence-electron chi connectivity index (χ2n) is 5.52. The van der Waals surface area contributed by atoms with Crippen molar-refractivity contribution in [3.8, 4) is 0 Å². The summed E-state index contributed by atoms with van der Waals surface area (Å²) in [4.78, 5) is 15.3. The maximum Gasteiger partial charge on any atom is 0.166 e. The molecule has 1 aliphatic rings. The van der Waals surface area contributed by atoms with Crippen LogP contribution in [0, 0.1) is 5.82 Å². The summed E-state index contributed by atoms with van der Waals surface area (Å²) >= 11 is 5.80. The number of nitrogens with zero attached hydrogens (tertiary/aromatic N) is 2. The standard InChI is InChI=1S/C9H5ClFNO.C7H11N3/c10-7-1-2-8(11)9-6(7)3-5(4-13)12-9;1-10-3-2-7-6(5-10)4-8-9-7/h1-4,12H;4H,2-3,5H2,1H3,(H,8,9). The highest BCUT2D eigenvalue weighted by atomic mass is 35.5. The zero-order chi connectivity index (χ0) is 16.4. The number of likely N-dealkylation sites (N-methyl/N-ethyl adjacent to an activating group) is 1. The molecule has 0 unspecified atom stereocenters. The van der Waals surface area contributed by atoms with E-state index in [1.54, 1.807) is 0 Å². The first-order valence-electron chi connectivity index (χ1n) is 7.20. The van der Waals surface area contributed by atoms with E-state index in [0.717, 1.165) is 19.5 Å². The van der Waals surface area contributed by atoms with Gasteiger partial charge >= 0.3 is 0 Å². The highest BCUT2D eigenvalue weighted by Gasteiger charge is 2.13. The van der Waals surface area contributed by atoms with Crippen molar-refractivity contribution >= 4 is 28.8 Å². The second kappa shape index (κ2) is 6.52. The van der Waals surface area contributed by atoms with Gasteiger partial charge in [-0.15, -0.1) is 0 Å². The number of benzene rings is 1. The van der Waals surface area contributed by atoms with Gasteiger partial charge in [0.15, 0.2) is 6.29 Å². The lowest BCUT2D eigenvalue weighted by Crippen LogP contribution is -2.25. The lowest BCUT2D eigenvalue weighted by Gasteiger charge is -2.20. The molecule has 2 aromatic heterocycles.